The third kappa shape index (κ3) is 6.01. The fourth-order valence-corrected chi connectivity index (χ4v) is 3.22. The lowest BCUT2D eigenvalue weighted by molar-refractivity contribution is -0.140. The molecule has 7 nitrogen and oxygen atoms in total. The number of rotatable bonds is 9. The van der Waals surface area contributed by atoms with Crippen LogP contribution in [0.15, 0.2) is 35.5 Å². The van der Waals surface area contributed by atoms with Gasteiger partial charge in [-0.25, -0.2) is 4.79 Å². The first-order valence-corrected chi connectivity index (χ1v) is 10.1. The molecule has 0 unspecified atom stereocenters. The highest BCUT2D eigenvalue weighted by atomic mass is 32.1. The smallest absolute Gasteiger partial charge is 0.338 e. The molecule has 0 saturated heterocycles. The monoisotopic (exact) mass is 419 g/mol. The second kappa shape index (κ2) is 10.9. The molecule has 1 atom stereocenters. The Kier molecular flexibility index (Phi) is 8.60. The highest BCUT2D eigenvalue weighted by Gasteiger charge is 2.33. The molecule has 0 saturated carbocycles. The van der Waals surface area contributed by atoms with E-state index in [1.54, 1.807) is 19.1 Å². The number of unbranched alkanes of at least 4 members (excludes halogenated alkanes) is 1. The van der Waals surface area contributed by atoms with Crippen LogP contribution in [-0.2, 0) is 19.1 Å². The fourth-order valence-electron chi connectivity index (χ4n) is 2.97. The summed E-state index contributed by atoms with van der Waals surface area (Å²) in [6, 6.07) is 6.96. The number of hydrogen-bond donors (Lipinski definition) is 2. The van der Waals surface area contributed by atoms with Crippen LogP contribution in [0.3, 0.4) is 0 Å². The summed E-state index contributed by atoms with van der Waals surface area (Å²) >= 11 is 5.40. The van der Waals surface area contributed by atoms with Crippen LogP contribution < -0.4 is 10.6 Å². The maximum atomic E-state index is 12.7. The van der Waals surface area contributed by atoms with E-state index in [1.807, 2.05) is 31.2 Å². The van der Waals surface area contributed by atoms with Crippen molar-refractivity contribution < 1.29 is 19.1 Å². The van der Waals surface area contributed by atoms with E-state index in [0.29, 0.717) is 23.7 Å². The molecule has 8 heteroatoms. The van der Waals surface area contributed by atoms with Crippen molar-refractivity contribution in [1.29, 1.82) is 0 Å². The summed E-state index contributed by atoms with van der Waals surface area (Å²) in [5, 5.41) is 6.62. The molecule has 1 aliphatic rings. The number of methoxy groups -OCH3 is 1. The van der Waals surface area contributed by atoms with E-state index in [1.165, 1.54) is 0 Å². The van der Waals surface area contributed by atoms with Gasteiger partial charge in [0.25, 0.3) is 0 Å². The van der Waals surface area contributed by atoms with Crippen LogP contribution in [0.4, 0.5) is 5.69 Å². The molecule has 0 aliphatic carbocycles. The first kappa shape index (κ1) is 22.8. The molecule has 2 N–H and O–H groups in total. The van der Waals surface area contributed by atoms with E-state index in [0.717, 1.165) is 29.8 Å². The molecule has 1 aromatic carbocycles. The number of carbonyl (C=O) groups is 2. The zero-order valence-electron chi connectivity index (χ0n) is 17.4. The molecule has 0 radical (unpaired) electrons. The highest BCUT2D eigenvalue weighted by molar-refractivity contribution is 7.80. The van der Waals surface area contributed by atoms with Gasteiger partial charge < -0.3 is 25.0 Å². The van der Waals surface area contributed by atoms with Gasteiger partial charge in [0.2, 0.25) is 5.91 Å². The molecule has 1 aliphatic heterocycles. The number of carbonyl (C=O) groups excluding carboxylic acids is 2. The van der Waals surface area contributed by atoms with E-state index in [2.05, 4.69) is 17.6 Å². The van der Waals surface area contributed by atoms with Crippen LogP contribution in [0.5, 0.6) is 0 Å². The number of thiocarbonyl (C=S) groups is 1. The van der Waals surface area contributed by atoms with Gasteiger partial charge in [-0.1, -0.05) is 25.5 Å². The number of allylic oxidation sites excluding steroid dienone is 1. The fraction of sp³-hybridized carbons (Fsp3) is 0.476. The number of amides is 1. The lowest BCUT2D eigenvalue weighted by Gasteiger charge is -2.35. The normalized spacial score (nSPS) is 16.5. The summed E-state index contributed by atoms with van der Waals surface area (Å²) < 4.78 is 10.3. The lowest BCUT2D eigenvalue weighted by Crippen LogP contribution is -2.46. The maximum Gasteiger partial charge on any atom is 0.338 e. The number of benzene rings is 1. The Morgan fingerprint density at radius 2 is 1.93 bits per heavy atom. The quantitative estimate of drug-likeness (QED) is 0.362. The van der Waals surface area contributed by atoms with Crippen LogP contribution in [0.2, 0.25) is 0 Å². The summed E-state index contributed by atoms with van der Waals surface area (Å²) in [4.78, 5) is 26.4. The van der Waals surface area contributed by atoms with Crippen LogP contribution in [0, 0.1) is 0 Å². The van der Waals surface area contributed by atoms with Gasteiger partial charge in [-0.05, 0) is 43.3 Å². The van der Waals surface area contributed by atoms with E-state index in [9.17, 15) is 9.59 Å². The van der Waals surface area contributed by atoms with E-state index in [-0.39, 0.29) is 12.5 Å². The number of anilines is 1. The summed E-state index contributed by atoms with van der Waals surface area (Å²) in [6.45, 7) is 4.40. The first-order valence-electron chi connectivity index (χ1n) is 9.69. The molecule has 0 fully saturated rings. The van der Waals surface area contributed by atoms with E-state index >= 15 is 0 Å². The third-order valence-electron chi connectivity index (χ3n) is 4.78. The molecule has 1 amide bonds. The predicted octanol–water partition coefficient (Wildman–Crippen LogP) is 3.14. The summed E-state index contributed by atoms with van der Waals surface area (Å²) in [5.74, 6) is -0.417. The van der Waals surface area contributed by atoms with Gasteiger partial charge in [0.15, 0.2) is 5.11 Å². The SMILES string of the molecule is CCCCC(=O)Nc1ccc([C@@H]2NC(=S)N(C)C(C)=C2C(=O)OCCOC)cc1. The van der Waals surface area contributed by atoms with Crippen molar-refractivity contribution in [2.75, 3.05) is 32.7 Å². The van der Waals surface area contributed by atoms with Crippen molar-refractivity contribution in [2.24, 2.45) is 0 Å². The summed E-state index contributed by atoms with van der Waals surface area (Å²) in [6.07, 6.45) is 2.34. The van der Waals surface area contributed by atoms with E-state index in [4.69, 9.17) is 21.7 Å². The van der Waals surface area contributed by atoms with Gasteiger partial charge >= 0.3 is 5.97 Å². The number of hydrogen-bond acceptors (Lipinski definition) is 5. The van der Waals surface area contributed by atoms with Crippen molar-refractivity contribution in [3.05, 3.63) is 41.1 Å². The second-order valence-electron chi connectivity index (χ2n) is 6.84. The summed E-state index contributed by atoms with van der Waals surface area (Å²) in [5.41, 5.74) is 2.80. The van der Waals surface area contributed by atoms with Crippen LogP contribution in [0.1, 0.15) is 44.7 Å². The number of nitrogens with one attached hydrogen (secondary N) is 2. The molecule has 0 spiro atoms. The second-order valence-corrected chi connectivity index (χ2v) is 7.23. The molecule has 0 aromatic heterocycles. The van der Waals surface area contributed by atoms with Gasteiger partial charge in [0.05, 0.1) is 18.2 Å². The minimum Gasteiger partial charge on any atom is -0.460 e. The van der Waals surface area contributed by atoms with Gasteiger partial charge in [-0.15, -0.1) is 0 Å². The first-order chi connectivity index (χ1) is 13.9. The average molecular weight is 420 g/mol. The number of ether oxygens (including phenoxy) is 2. The Morgan fingerprint density at radius 1 is 1.24 bits per heavy atom. The van der Waals surface area contributed by atoms with Crippen molar-refractivity contribution in [1.82, 2.24) is 10.2 Å². The molecule has 158 valence electrons. The van der Waals surface area contributed by atoms with Gasteiger partial charge in [-0.2, -0.15) is 0 Å². The van der Waals surface area contributed by atoms with E-state index < -0.39 is 12.0 Å². The Labute approximate surface area is 177 Å². The Hall–Kier alpha value is -2.45. The minimum atomic E-state index is -0.432. The average Bonchev–Trinajstić information content (AvgIpc) is 2.71. The van der Waals surface area contributed by atoms with Crippen molar-refractivity contribution in [2.45, 2.75) is 39.2 Å². The lowest BCUT2D eigenvalue weighted by atomic mass is 9.95. The third-order valence-corrected chi connectivity index (χ3v) is 5.17. The van der Waals surface area contributed by atoms with Gasteiger partial charge in [-0.3, -0.25) is 4.79 Å². The predicted molar refractivity (Wildman–Crippen MR) is 116 cm³/mol. The Balaban J connectivity index is 2.22. The van der Waals surface area contributed by atoms with Crippen LogP contribution in [0.25, 0.3) is 0 Å². The minimum absolute atomic E-state index is 0.00339. The molecule has 1 aromatic rings. The number of nitrogens with zero attached hydrogens (tertiary/aromatic N) is 1. The largest absolute Gasteiger partial charge is 0.460 e. The van der Waals surface area contributed by atoms with Gasteiger partial charge in [0.1, 0.15) is 6.61 Å². The molecule has 0 bridgehead atoms. The Morgan fingerprint density at radius 3 is 2.55 bits per heavy atom. The standard InChI is InChI=1S/C21H29N3O4S/c1-5-6-7-17(25)22-16-10-8-15(9-11-16)19-18(20(26)28-13-12-27-4)14(2)24(3)21(29)23-19/h8-11,19H,5-7,12-13H2,1-4H3,(H,22,25)(H,23,29)/t19-/m0/s1. The number of esters is 1. The Bertz CT molecular complexity index is 777. The zero-order valence-corrected chi connectivity index (χ0v) is 18.2. The molecule has 1 heterocycles. The highest BCUT2D eigenvalue weighted by Crippen LogP contribution is 2.31. The van der Waals surface area contributed by atoms with Gasteiger partial charge in [0, 0.05) is 32.0 Å². The zero-order chi connectivity index (χ0) is 21.4. The maximum absolute atomic E-state index is 12.7. The van der Waals surface area contributed by atoms with Crippen molar-refractivity contribution in [3.8, 4) is 0 Å². The molecular formula is C21H29N3O4S. The topological polar surface area (TPSA) is 79.9 Å². The van der Waals surface area contributed by atoms with Crippen LogP contribution >= 0.6 is 12.2 Å². The summed E-state index contributed by atoms with van der Waals surface area (Å²) in [7, 11) is 3.36. The molecule has 2 rings (SSSR count). The van der Waals surface area contributed by atoms with Crippen molar-refractivity contribution in [3.63, 3.8) is 0 Å². The van der Waals surface area contributed by atoms with Crippen molar-refractivity contribution >= 4 is 34.9 Å². The van der Waals surface area contributed by atoms with Crippen LogP contribution in [-0.4, -0.2) is 49.3 Å². The molecule has 29 heavy (non-hydrogen) atoms. The molecular weight excluding hydrogens is 390 g/mol.